The monoisotopic (exact) mass is 304 g/mol. The number of ether oxygens (including phenoxy) is 1. The molecule has 0 fully saturated rings. The second-order valence-corrected chi connectivity index (χ2v) is 5.54. The Bertz CT molecular complexity index is 583. The van der Waals surface area contributed by atoms with Crippen LogP contribution in [-0.2, 0) is 17.8 Å². The van der Waals surface area contributed by atoms with Crippen LogP contribution in [0.25, 0.3) is 0 Å². The van der Waals surface area contributed by atoms with Gasteiger partial charge in [-0.1, -0.05) is 13.8 Å². The molecule has 0 saturated heterocycles. The van der Waals surface area contributed by atoms with Crippen molar-refractivity contribution < 1.29 is 4.74 Å². The average Bonchev–Trinajstić information content (AvgIpc) is 2.99. The largest absolute Gasteiger partial charge is 0.383 e. The Labute approximate surface area is 131 Å². The van der Waals surface area contributed by atoms with Crippen molar-refractivity contribution in [3.8, 4) is 0 Å². The van der Waals surface area contributed by atoms with E-state index in [0.717, 1.165) is 23.9 Å². The maximum absolute atomic E-state index is 5.10. The van der Waals surface area contributed by atoms with Gasteiger partial charge in [-0.05, 0) is 13.0 Å². The number of nitrogens with zero attached hydrogens (tertiary/aromatic N) is 5. The van der Waals surface area contributed by atoms with Crippen molar-refractivity contribution in [3.63, 3.8) is 0 Å². The topological polar surface area (TPSA) is 77.8 Å². The molecule has 0 aliphatic carbocycles. The second kappa shape index (κ2) is 7.95. The number of hydrogen-bond acceptors (Lipinski definition) is 6. The molecule has 2 aromatic heterocycles. The van der Waals surface area contributed by atoms with Crippen LogP contribution in [0.1, 0.15) is 50.1 Å². The molecule has 1 N–H and O–H groups in total. The molecule has 0 spiro atoms. The van der Waals surface area contributed by atoms with Gasteiger partial charge in [-0.2, -0.15) is 0 Å². The Kier molecular flexibility index (Phi) is 5.97. The number of rotatable bonds is 8. The minimum atomic E-state index is 0.0804. The first-order valence-electron chi connectivity index (χ1n) is 7.53. The van der Waals surface area contributed by atoms with Gasteiger partial charge in [-0.15, -0.1) is 10.2 Å². The van der Waals surface area contributed by atoms with Gasteiger partial charge >= 0.3 is 0 Å². The molecule has 22 heavy (non-hydrogen) atoms. The van der Waals surface area contributed by atoms with Gasteiger partial charge in [0.2, 0.25) is 0 Å². The Hall–Kier alpha value is -1.86. The molecule has 0 radical (unpaired) electrons. The summed E-state index contributed by atoms with van der Waals surface area (Å²) in [5.41, 5.74) is 0.980. The molecule has 0 saturated carbocycles. The molecule has 1 atom stereocenters. The normalized spacial score (nSPS) is 12.8. The molecule has 2 aromatic rings. The number of methoxy groups -OCH3 is 1. The summed E-state index contributed by atoms with van der Waals surface area (Å²) in [7, 11) is 1.69. The first kappa shape index (κ1) is 16.5. The third kappa shape index (κ3) is 4.32. The zero-order chi connectivity index (χ0) is 15.9. The minimum absolute atomic E-state index is 0.0804. The SMILES string of the molecule is COCCn1cnnc1C(C)NCc1ccnc(C(C)C)n1. The quantitative estimate of drug-likeness (QED) is 0.799. The van der Waals surface area contributed by atoms with E-state index in [4.69, 9.17) is 4.74 Å². The van der Waals surface area contributed by atoms with Gasteiger partial charge in [0.1, 0.15) is 18.0 Å². The van der Waals surface area contributed by atoms with Gasteiger partial charge in [0.05, 0.1) is 18.3 Å². The lowest BCUT2D eigenvalue weighted by atomic mass is 10.2. The van der Waals surface area contributed by atoms with Crippen LogP contribution in [0.3, 0.4) is 0 Å². The lowest BCUT2D eigenvalue weighted by molar-refractivity contribution is 0.185. The fourth-order valence-electron chi connectivity index (χ4n) is 2.10. The Morgan fingerprint density at radius 1 is 1.32 bits per heavy atom. The zero-order valence-electron chi connectivity index (χ0n) is 13.7. The highest BCUT2D eigenvalue weighted by Crippen LogP contribution is 2.11. The summed E-state index contributed by atoms with van der Waals surface area (Å²) in [4.78, 5) is 8.85. The fraction of sp³-hybridized carbons (Fsp3) is 0.600. The van der Waals surface area contributed by atoms with Crippen molar-refractivity contribution in [2.75, 3.05) is 13.7 Å². The standard InChI is InChI=1S/C15H24N6O/c1-11(2)14-16-6-5-13(19-14)9-17-12(3)15-20-18-10-21(15)7-8-22-4/h5-6,10-12,17H,7-9H2,1-4H3. The van der Waals surface area contributed by atoms with Crippen LogP contribution in [0, 0.1) is 0 Å². The van der Waals surface area contributed by atoms with Crippen LogP contribution >= 0.6 is 0 Å². The Morgan fingerprint density at radius 2 is 2.14 bits per heavy atom. The molecule has 0 aliphatic heterocycles. The molecule has 0 bridgehead atoms. The van der Waals surface area contributed by atoms with E-state index in [0.29, 0.717) is 19.1 Å². The van der Waals surface area contributed by atoms with Gasteiger partial charge < -0.3 is 14.6 Å². The predicted molar refractivity (Wildman–Crippen MR) is 83.3 cm³/mol. The molecule has 0 amide bonds. The molecule has 1 unspecified atom stereocenters. The van der Waals surface area contributed by atoms with Crippen molar-refractivity contribution in [1.29, 1.82) is 0 Å². The van der Waals surface area contributed by atoms with Crippen LogP contribution in [-0.4, -0.2) is 38.4 Å². The van der Waals surface area contributed by atoms with Gasteiger partial charge in [0.25, 0.3) is 0 Å². The minimum Gasteiger partial charge on any atom is -0.383 e. The first-order chi connectivity index (χ1) is 10.6. The maximum Gasteiger partial charge on any atom is 0.149 e. The van der Waals surface area contributed by atoms with E-state index in [1.807, 2.05) is 16.8 Å². The van der Waals surface area contributed by atoms with Crippen molar-refractivity contribution >= 4 is 0 Å². The molecule has 0 aromatic carbocycles. The lowest BCUT2D eigenvalue weighted by Gasteiger charge is -2.15. The Morgan fingerprint density at radius 3 is 2.86 bits per heavy atom. The third-order valence-corrected chi connectivity index (χ3v) is 3.41. The summed E-state index contributed by atoms with van der Waals surface area (Å²) in [6, 6.07) is 2.01. The van der Waals surface area contributed by atoms with E-state index in [1.54, 1.807) is 13.4 Å². The van der Waals surface area contributed by atoms with Gasteiger partial charge in [-0.3, -0.25) is 0 Å². The van der Waals surface area contributed by atoms with E-state index >= 15 is 0 Å². The zero-order valence-corrected chi connectivity index (χ0v) is 13.7. The van der Waals surface area contributed by atoms with Crippen LogP contribution in [0.2, 0.25) is 0 Å². The highest BCUT2D eigenvalue weighted by molar-refractivity contribution is 5.05. The highest BCUT2D eigenvalue weighted by atomic mass is 16.5. The van der Waals surface area contributed by atoms with Crippen molar-refractivity contribution in [1.82, 2.24) is 30.0 Å². The molecular formula is C15H24N6O. The first-order valence-corrected chi connectivity index (χ1v) is 7.53. The third-order valence-electron chi connectivity index (χ3n) is 3.41. The summed E-state index contributed by atoms with van der Waals surface area (Å²) in [5, 5.41) is 11.6. The average molecular weight is 304 g/mol. The smallest absolute Gasteiger partial charge is 0.149 e. The molecule has 0 aliphatic rings. The van der Waals surface area contributed by atoms with Crippen molar-refractivity contribution in [2.24, 2.45) is 0 Å². The summed E-state index contributed by atoms with van der Waals surface area (Å²) in [5.74, 6) is 2.10. The van der Waals surface area contributed by atoms with Crippen molar-refractivity contribution in [3.05, 3.63) is 35.9 Å². The van der Waals surface area contributed by atoms with Gasteiger partial charge in [0.15, 0.2) is 0 Å². The fourth-order valence-corrected chi connectivity index (χ4v) is 2.10. The predicted octanol–water partition coefficient (Wildman–Crippen LogP) is 1.69. The molecule has 2 heterocycles. The number of hydrogen-bond donors (Lipinski definition) is 1. The summed E-state index contributed by atoms with van der Waals surface area (Å²) < 4.78 is 7.10. The molecule has 2 rings (SSSR count). The van der Waals surface area contributed by atoms with E-state index in [-0.39, 0.29) is 6.04 Å². The van der Waals surface area contributed by atoms with Crippen molar-refractivity contribution in [2.45, 2.75) is 45.8 Å². The Balaban J connectivity index is 1.96. The van der Waals surface area contributed by atoms with Crippen LogP contribution in [0.5, 0.6) is 0 Å². The number of aromatic nitrogens is 5. The molecule has 7 heteroatoms. The number of nitrogens with one attached hydrogen (secondary N) is 1. The van der Waals surface area contributed by atoms with Crippen LogP contribution < -0.4 is 5.32 Å². The van der Waals surface area contributed by atoms with Crippen LogP contribution in [0.4, 0.5) is 0 Å². The summed E-state index contributed by atoms with van der Waals surface area (Å²) in [6.45, 7) is 8.30. The molecule has 120 valence electrons. The molecular weight excluding hydrogens is 280 g/mol. The van der Waals surface area contributed by atoms with E-state index in [1.165, 1.54) is 0 Å². The van der Waals surface area contributed by atoms with Gasteiger partial charge in [0, 0.05) is 32.3 Å². The molecule has 7 nitrogen and oxygen atoms in total. The summed E-state index contributed by atoms with van der Waals surface area (Å²) in [6.07, 6.45) is 3.54. The maximum atomic E-state index is 5.10. The highest BCUT2D eigenvalue weighted by Gasteiger charge is 2.13. The van der Waals surface area contributed by atoms with E-state index < -0.39 is 0 Å². The summed E-state index contributed by atoms with van der Waals surface area (Å²) >= 11 is 0. The van der Waals surface area contributed by atoms with E-state index in [2.05, 4.69) is 46.3 Å². The van der Waals surface area contributed by atoms with Gasteiger partial charge in [-0.25, -0.2) is 9.97 Å². The second-order valence-electron chi connectivity index (χ2n) is 5.54. The van der Waals surface area contributed by atoms with E-state index in [9.17, 15) is 0 Å². The lowest BCUT2D eigenvalue weighted by Crippen LogP contribution is -2.23. The van der Waals surface area contributed by atoms with Crippen LogP contribution in [0.15, 0.2) is 18.6 Å².